The van der Waals surface area contributed by atoms with Gasteiger partial charge in [0.25, 0.3) is 5.69 Å². The Hall–Kier alpha value is -2.95. The number of Topliss-reactive ketones (excluding diaryl/α,β-unsaturated/α-hetero) is 1. The van der Waals surface area contributed by atoms with Gasteiger partial charge in [0.05, 0.1) is 11.0 Å². The molecule has 2 aromatic rings. The van der Waals surface area contributed by atoms with Crippen LogP contribution in [0.25, 0.3) is 0 Å². The maximum absolute atomic E-state index is 11.7. The number of allylic oxidation sites excluding steroid dienone is 2. The number of anilines is 1. The van der Waals surface area contributed by atoms with E-state index in [1.165, 1.54) is 0 Å². The van der Waals surface area contributed by atoms with Crippen LogP contribution in [-0.4, -0.2) is 10.7 Å². The molecule has 0 bridgehead atoms. The Labute approximate surface area is 145 Å². The van der Waals surface area contributed by atoms with Gasteiger partial charge in [-0.2, -0.15) is 0 Å². The van der Waals surface area contributed by atoms with Gasteiger partial charge in [0.2, 0.25) is 0 Å². The summed E-state index contributed by atoms with van der Waals surface area (Å²) in [6.45, 7) is 1.58. The lowest BCUT2D eigenvalue weighted by molar-refractivity contribution is -0.384. The SMILES string of the molecule is CC(=O)c1ccc2c(c1)[C@@H]1C=CC[C@H]1[C@@H](c1ccc([N+](=O)[O-])cc1)N2. The molecule has 1 heterocycles. The van der Waals surface area contributed by atoms with E-state index in [9.17, 15) is 14.9 Å². The molecule has 4 rings (SSSR count). The molecule has 126 valence electrons. The predicted octanol–water partition coefficient (Wildman–Crippen LogP) is 4.62. The summed E-state index contributed by atoms with van der Waals surface area (Å²) >= 11 is 0. The lowest BCUT2D eigenvalue weighted by atomic mass is 9.76. The van der Waals surface area contributed by atoms with E-state index in [1.54, 1.807) is 19.1 Å². The monoisotopic (exact) mass is 334 g/mol. The molecule has 1 aliphatic heterocycles. The average Bonchev–Trinajstić information content (AvgIpc) is 3.10. The molecule has 0 fully saturated rings. The van der Waals surface area contributed by atoms with E-state index in [4.69, 9.17) is 0 Å². The van der Waals surface area contributed by atoms with Gasteiger partial charge in [0.15, 0.2) is 5.78 Å². The number of nitrogens with zero attached hydrogens (tertiary/aromatic N) is 1. The van der Waals surface area contributed by atoms with E-state index in [2.05, 4.69) is 17.5 Å². The minimum Gasteiger partial charge on any atom is -0.378 e. The third-order valence-electron chi connectivity index (χ3n) is 5.23. The van der Waals surface area contributed by atoms with Crippen LogP contribution in [0.15, 0.2) is 54.6 Å². The van der Waals surface area contributed by atoms with Crippen molar-refractivity contribution >= 4 is 17.2 Å². The zero-order valence-electron chi connectivity index (χ0n) is 13.8. The van der Waals surface area contributed by atoms with Gasteiger partial charge < -0.3 is 5.32 Å². The zero-order valence-corrected chi connectivity index (χ0v) is 13.8. The number of rotatable bonds is 3. The molecule has 0 aromatic heterocycles. The van der Waals surface area contributed by atoms with E-state index in [0.717, 1.165) is 28.8 Å². The first-order chi connectivity index (χ1) is 12.0. The number of benzene rings is 2. The highest BCUT2D eigenvalue weighted by atomic mass is 16.6. The number of fused-ring (bicyclic) bond motifs is 3. The smallest absolute Gasteiger partial charge is 0.269 e. The maximum atomic E-state index is 11.7. The summed E-state index contributed by atoms with van der Waals surface area (Å²) in [7, 11) is 0. The molecule has 0 unspecified atom stereocenters. The lowest BCUT2D eigenvalue weighted by Gasteiger charge is -2.37. The summed E-state index contributed by atoms with van der Waals surface area (Å²) in [4.78, 5) is 22.2. The molecule has 0 amide bonds. The molecule has 2 aliphatic rings. The second-order valence-corrected chi connectivity index (χ2v) is 6.68. The quantitative estimate of drug-likeness (QED) is 0.385. The molecule has 0 saturated heterocycles. The molecule has 5 heteroatoms. The van der Waals surface area contributed by atoms with Gasteiger partial charge in [0.1, 0.15) is 0 Å². The Morgan fingerprint density at radius 1 is 1.20 bits per heavy atom. The number of nitro benzene ring substituents is 1. The first kappa shape index (κ1) is 15.6. The van der Waals surface area contributed by atoms with Crippen molar-refractivity contribution in [3.8, 4) is 0 Å². The number of nitro groups is 1. The minimum atomic E-state index is -0.378. The molecule has 25 heavy (non-hydrogen) atoms. The Morgan fingerprint density at radius 3 is 2.64 bits per heavy atom. The van der Waals surface area contributed by atoms with E-state index in [1.807, 2.05) is 30.3 Å². The zero-order chi connectivity index (χ0) is 17.6. The Kier molecular flexibility index (Phi) is 3.64. The molecule has 2 aromatic carbocycles. The number of carbonyl (C=O) groups is 1. The molecule has 0 saturated carbocycles. The Morgan fingerprint density at radius 2 is 1.96 bits per heavy atom. The van der Waals surface area contributed by atoms with E-state index < -0.39 is 0 Å². The highest BCUT2D eigenvalue weighted by Crippen LogP contribution is 2.50. The fourth-order valence-corrected chi connectivity index (χ4v) is 3.95. The first-order valence-electron chi connectivity index (χ1n) is 8.37. The molecular weight excluding hydrogens is 316 g/mol. The average molecular weight is 334 g/mol. The summed E-state index contributed by atoms with van der Waals surface area (Å²) in [6, 6.07) is 12.7. The van der Waals surface area contributed by atoms with Crippen LogP contribution in [0.5, 0.6) is 0 Å². The molecule has 0 spiro atoms. The minimum absolute atomic E-state index is 0.0684. The fourth-order valence-electron chi connectivity index (χ4n) is 3.95. The molecule has 1 N–H and O–H groups in total. The molecule has 3 atom stereocenters. The Balaban J connectivity index is 1.72. The van der Waals surface area contributed by atoms with Crippen LogP contribution in [0.4, 0.5) is 11.4 Å². The molecule has 0 radical (unpaired) electrons. The van der Waals surface area contributed by atoms with Gasteiger partial charge in [-0.25, -0.2) is 0 Å². The number of carbonyl (C=O) groups excluding carboxylic acids is 1. The van der Waals surface area contributed by atoms with Gasteiger partial charge in [-0.05, 0) is 48.6 Å². The summed E-state index contributed by atoms with van der Waals surface area (Å²) in [6.07, 6.45) is 5.35. The van der Waals surface area contributed by atoms with Crippen molar-refractivity contribution in [1.82, 2.24) is 0 Å². The van der Waals surface area contributed by atoms with Crippen LogP contribution < -0.4 is 5.32 Å². The number of hydrogen-bond donors (Lipinski definition) is 1. The topological polar surface area (TPSA) is 72.2 Å². The number of hydrogen-bond acceptors (Lipinski definition) is 4. The molecular formula is C20H18N2O3. The summed E-state index contributed by atoms with van der Waals surface area (Å²) in [5.74, 6) is 0.672. The normalized spacial score (nSPS) is 23.5. The van der Waals surface area contributed by atoms with Crippen LogP contribution in [-0.2, 0) is 0 Å². The van der Waals surface area contributed by atoms with Crippen molar-refractivity contribution in [2.24, 2.45) is 5.92 Å². The van der Waals surface area contributed by atoms with Gasteiger partial charge in [-0.3, -0.25) is 14.9 Å². The molecule has 5 nitrogen and oxygen atoms in total. The lowest BCUT2D eigenvalue weighted by Crippen LogP contribution is -2.29. The van der Waals surface area contributed by atoms with Crippen LogP contribution in [0.2, 0.25) is 0 Å². The number of non-ortho nitro benzene ring substituents is 1. The van der Waals surface area contributed by atoms with Gasteiger partial charge in [-0.1, -0.05) is 24.3 Å². The second-order valence-electron chi connectivity index (χ2n) is 6.68. The van der Waals surface area contributed by atoms with E-state index >= 15 is 0 Å². The van der Waals surface area contributed by atoms with Crippen molar-refractivity contribution in [3.63, 3.8) is 0 Å². The van der Waals surface area contributed by atoms with Gasteiger partial charge >= 0.3 is 0 Å². The maximum Gasteiger partial charge on any atom is 0.269 e. The van der Waals surface area contributed by atoms with Gasteiger partial charge in [0, 0.05) is 29.3 Å². The van der Waals surface area contributed by atoms with Crippen molar-refractivity contribution < 1.29 is 9.72 Å². The van der Waals surface area contributed by atoms with Crippen molar-refractivity contribution in [2.45, 2.75) is 25.3 Å². The van der Waals surface area contributed by atoms with Crippen LogP contribution in [0.3, 0.4) is 0 Å². The molecule has 1 aliphatic carbocycles. The fraction of sp³-hybridized carbons (Fsp3) is 0.250. The third-order valence-corrected chi connectivity index (χ3v) is 5.23. The summed E-state index contributed by atoms with van der Waals surface area (Å²) in [5.41, 5.74) is 4.07. The first-order valence-corrected chi connectivity index (χ1v) is 8.37. The van der Waals surface area contributed by atoms with Crippen molar-refractivity contribution in [1.29, 1.82) is 0 Å². The number of nitrogens with one attached hydrogen (secondary N) is 1. The van der Waals surface area contributed by atoms with Crippen molar-refractivity contribution in [2.75, 3.05) is 5.32 Å². The van der Waals surface area contributed by atoms with Gasteiger partial charge in [-0.15, -0.1) is 0 Å². The highest BCUT2D eigenvalue weighted by molar-refractivity contribution is 5.95. The van der Waals surface area contributed by atoms with Crippen LogP contribution >= 0.6 is 0 Å². The number of ketones is 1. The van der Waals surface area contributed by atoms with Crippen LogP contribution in [0, 0.1) is 16.0 Å². The standard InChI is InChI=1S/C20H18N2O3/c1-12(23)14-7-10-19-18(11-14)16-3-2-4-17(16)20(21-19)13-5-8-15(9-6-13)22(24)25/h2-3,5-11,16-17,20-21H,4H2,1H3/t16-,17-,20-/m1/s1. The highest BCUT2D eigenvalue weighted by Gasteiger charge is 2.38. The van der Waals surface area contributed by atoms with E-state index in [-0.39, 0.29) is 28.4 Å². The van der Waals surface area contributed by atoms with Crippen LogP contribution in [0.1, 0.15) is 46.8 Å². The Bertz CT molecular complexity index is 886. The summed E-state index contributed by atoms with van der Waals surface area (Å²) in [5, 5.41) is 14.5. The van der Waals surface area contributed by atoms with E-state index in [0.29, 0.717) is 5.92 Å². The predicted molar refractivity (Wildman–Crippen MR) is 95.9 cm³/mol. The third kappa shape index (κ3) is 2.61. The largest absolute Gasteiger partial charge is 0.378 e. The summed E-state index contributed by atoms with van der Waals surface area (Å²) < 4.78 is 0. The second kappa shape index (κ2) is 5.84. The van der Waals surface area contributed by atoms with Crippen molar-refractivity contribution in [3.05, 3.63) is 81.4 Å².